The molecule has 0 aliphatic heterocycles. The maximum Gasteiger partial charge on any atom is 0.343 e. The van der Waals surface area contributed by atoms with Gasteiger partial charge in [-0.3, -0.25) is 4.79 Å². The zero-order chi connectivity index (χ0) is 20.1. The van der Waals surface area contributed by atoms with Gasteiger partial charge >= 0.3 is 5.97 Å². The highest BCUT2D eigenvalue weighted by Crippen LogP contribution is 2.19. The molecule has 1 heterocycles. The van der Waals surface area contributed by atoms with Gasteiger partial charge in [-0.15, -0.1) is 5.10 Å². The van der Waals surface area contributed by atoms with Crippen LogP contribution in [0.4, 0.5) is 5.69 Å². The summed E-state index contributed by atoms with van der Waals surface area (Å²) < 4.78 is 12.3. The van der Waals surface area contributed by atoms with Crippen molar-refractivity contribution in [2.75, 3.05) is 19.0 Å². The van der Waals surface area contributed by atoms with E-state index in [0.717, 1.165) is 10.2 Å². The van der Waals surface area contributed by atoms with Crippen LogP contribution in [0, 0.1) is 6.92 Å². The van der Waals surface area contributed by atoms with Crippen LogP contribution < -0.4 is 10.1 Å². The van der Waals surface area contributed by atoms with E-state index in [0.29, 0.717) is 17.1 Å². The minimum atomic E-state index is -0.471. The Morgan fingerprint density at radius 1 is 1.18 bits per heavy atom. The fourth-order valence-electron chi connectivity index (χ4n) is 2.42. The highest BCUT2D eigenvalue weighted by molar-refractivity contribution is 9.10. The fourth-order valence-corrected chi connectivity index (χ4v) is 2.81. The van der Waals surface area contributed by atoms with E-state index in [1.54, 1.807) is 35.9 Å². The van der Waals surface area contributed by atoms with Gasteiger partial charge in [-0.25, -0.2) is 9.48 Å². The molecule has 1 amide bonds. The number of nitrogens with one attached hydrogen (secondary N) is 1. The lowest BCUT2D eigenvalue weighted by Crippen LogP contribution is -2.14. The molecule has 3 aromatic rings. The second-order valence-electron chi connectivity index (χ2n) is 5.76. The molecule has 3 rings (SSSR count). The Labute approximate surface area is 169 Å². The van der Waals surface area contributed by atoms with E-state index in [9.17, 15) is 9.59 Å². The van der Waals surface area contributed by atoms with Crippen LogP contribution in [0.25, 0.3) is 5.69 Å². The first-order valence-corrected chi connectivity index (χ1v) is 9.06. The number of halogens is 1. The predicted octanol–water partition coefficient (Wildman–Crippen LogP) is 3.14. The molecular formula is C19H17BrN4O4. The minimum Gasteiger partial charge on any atom is -0.482 e. The SMILES string of the molecule is COC(=O)COc1ccc(NC(=O)c2nnn(-c3cccc(Br)c3)c2C)cc1. The summed E-state index contributed by atoms with van der Waals surface area (Å²) in [5.74, 6) is -0.358. The van der Waals surface area contributed by atoms with Crippen molar-refractivity contribution in [1.82, 2.24) is 15.0 Å². The number of nitrogens with zero attached hydrogens (tertiary/aromatic N) is 3. The van der Waals surface area contributed by atoms with Crippen LogP contribution >= 0.6 is 15.9 Å². The van der Waals surface area contributed by atoms with Crippen molar-refractivity contribution >= 4 is 33.5 Å². The first kappa shape index (κ1) is 19.6. The van der Waals surface area contributed by atoms with Crippen molar-refractivity contribution in [2.45, 2.75) is 6.92 Å². The Hall–Kier alpha value is -3.20. The summed E-state index contributed by atoms with van der Waals surface area (Å²) in [6.45, 7) is 1.60. The first-order chi connectivity index (χ1) is 13.5. The molecule has 28 heavy (non-hydrogen) atoms. The van der Waals surface area contributed by atoms with Crippen LogP contribution in [0.2, 0.25) is 0 Å². The molecule has 0 aliphatic carbocycles. The van der Waals surface area contributed by atoms with Crippen molar-refractivity contribution in [1.29, 1.82) is 0 Å². The Bertz CT molecular complexity index is 1000. The van der Waals surface area contributed by atoms with Gasteiger partial charge in [0.15, 0.2) is 12.3 Å². The van der Waals surface area contributed by atoms with Crippen LogP contribution in [-0.2, 0) is 9.53 Å². The first-order valence-electron chi connectivity index (χ1n) is 8.27. The summed E-state index contributed by atoms with van der Waals surface area (Å²) in [7, 11) is 1.29. The van der Waals surface area contributed by atoms with Gasteiger partial charge in [0.25, 0.3) is 5.91 Å². The van der Waals surface area contributed by atoms with Crippen LogP contribution in [0.5, 0.6) is 5.75 Å². The second kappa shape index (κ2) is 8.66. The Morgan fingerprint density at radius 3 is 2.61 bits per heavy atom. The number of anilines is 1. The molecule has 2 aromatic carbocycles. The van der Waals surface area contributed by atoms with Gasteiger partial charge in [-0.05, 0) is 49.4 Å². The Kier molecular flexibility index (Phi) is 6.05. The van der Waals surface area contributed by atoms with Gasteiger partial charge in [0.05, 0.1) is 18.5 Å². The molecule has 0 bridgehead atoms. The number of rotatable bonds is 6. The number of amides is 1. The molecule has 0 saturated carbocycles. The fraction of sp³-hybridized carbons (Fsp3) is 0.158. The van der Waals surface area contributed by atoms with Gasteiger partial charge in [0.2, 0.25) is 0 Å². The number of hydrogen-bond donors (Lipinski definition) is 1. The normalized spacial score (nSPS) is 10.4. The maximum atomic E-state index is 12.6. The van der Waals surface area contributed by atoms with Gasteiger partial charge in [0.1, 0.15) is 5.75 Å². The summed E-state index contributed by atoms with van der Waals surface area (Å²) in [6, 6.07) is 14.2. The number of hydrogen-bond acceptors (Lipinski definition) is 6. The van der Waals surface area contributed by atoms with E-state index in [1.807, 2.05) is 24.3 Å². The van der Waals surface area contributed by atoms with Gasteiger partial charge in [-0.2, -0.15) is 0 Å². The van der Waals surface area contributed by atoms with Gasteiger partial charge in [-0.1, -0.05) is 27.2 Å². The largest absolute Gasteiger partial charge is 0.482 e. The van der Waals surface area contributed by atoms with E-state index >= 15 is 0 Å². The molecule has 9 heteroatoms. The average Bonchev–Trinajstić information content (AvgIpc) is 3.08. The zero-order valence-corrected chi connectivity index (χ0v) is 16.8. The number of carbonyl (C=O) groups excluding carboxylic acids is 2. The topological polar surface area (TPSA) is 95.3 Å². The number of benzene rings is 2. The average molecular weight is 445 g/mol. The summed E-state index contributed by atoms with van der Waals surface area (Å²) in [4.78, 5) is 23.6. The van der Waals surface area contributed by atoms with Crippen LogP contribution in [0.3, 0.4) is 0 Å². The lowest BCUT2D eigenvalue weighted by Gasteiger charge is -2.07. The van der Waals surface area contributed by atoms with Gasteiger partial charge < -0.3 is 14.8 Å². The van der Waals surface area contributed by atoms with E-state index < -0.39 is 5.97 Å². The molecule has 0 unspecified atom stereocenters. The maximum absolute atomic E-state index is 12.6. The van der Waals surface area contributed by atoms with E-state index in [4.69, 9.17) is 4.74 Å². The zero-order valence-electron chi connectivity index (χ0n) is 15.2. The number of esters is 1. The quantitative estimate of drug-likeness (QED) is 0.586. The number of ether oxygens (including phenoxy) is 2. The molecule has 0 spiro atoms. The third-order valence-electron chi connectivity index (χ3n) is 3.86. The molecule has 1 N–H and O–H groups in total. The highest BCUT2D eigenvalue weighted by Gasteiger charge is 2.17. The van der Waals surface area contributed by atoms with Crippen molar-refractivity contribution in [3.05, 3.63) is 64.4 Å². The summed E-state index contributed by atoms with van der Waals surface area (Å²) >= 11 is 3.42. The highest BCUT2D eigenvalue weighted by atomic mass is 79.9. The third kappa shape index (κ3) is 4.55. The summed E-state index contributed by atoms with van der Waals surface area (Å²) in [5, 5.41) is 10.8. The second-order valence-corrected chi connectivity index (χ2v) is 6.67. The number of methoxy groups -OCH3 is 1. The molecule has 0 atom stereocenters. The molecule has 0 saturated heterocycles. The van der Waals surface area contributed by atoms with Gasteiger partial charge in [0, 0.05) is 10.2 Å². The molecule has 144 valence electrons. The van der Waals surface area contributed by atoms with E-state index in [-0.39, 0.29) is 18.2 Å². The third-order valence-corrected chi connectivity index (χ3v) is 4.35. The lowest BCUT2D eigenvalue weighted by atomic mass is 10.2. The number of carbonyl (C=O) groups is 2. The Balaban J connectivity index is 1.69. The smallest absolute Gasteiger partial charge is 0.343 e. The van der Waals surface area contributed by atoms with Crippen LogP contribution in [0.15, 0.2) is 53.0 Å². The molecule has 0 aliphatic rings. The molecular weight excluding hydrogens is 428 g/mol. The van der Waals surface area contributed by atoms with Crippen molar-refractivity contribution < 1.29 is 19.1 Å². The Morgan fingerprint density at radius 2 is 1.93 bits per heavy atom. The van der Waals surface area contributed by atoms with E-state index in [2.05, 4.69) is 36.3 Å². The number of aromatic nitrogens is 3. The molecule has 1 aromatic heterocycles. The molecule has 0 radical (unpaired) electrons. The monoisotopic (exact) mass is 444 g/mol. The van der Waals surface area contributed by atoms with Crippen molar-refractivity contribution in [3.63, 3.8) is 0 Å². The minimum absolute atomic E-state index is 0.180. The predicted molar refractivity (Wildman–Crippen MR) is 106 cm³/mol. The van der Waals surface area contributed by atoms with Crippen molar-refractivity contribution in [3.8, 4) is 11.4 Å². The standard InChI is InChI=1S/C19H17BrN4O4/c1-12-18(22-23-24(12)15-5-3-4-13(20)10-15)19(26)21-14-6-8-16(9-7-14)28-11-17(25)27-2/h3-10H,11H2,1-2H3,(H,21,26). The lowest BCUT2D eigenvalue weighted by molar-refractivity contribution is -0.142. The molecule has 0 fully saturated rings. The summed E-state index contributed by atoms with van der Waals surface area (Å²) in [5.41, 5.74) is 2.21. The molecule has 8 nitrogen and oxygen atoms in total. The van der Waals surface area contributed by atoms with Crippen LogP contribution in [0.1, 0.15) is 16.2 Å². The summed E-state index contributed by atoms with van der Waals surface area (Å²) in [6.07, 6.45) is 0. The van der Waals surface area contributed by atoms with Crippen LogP contribution in [-0.4, -0.2) is 40.6 Å². The van der Waals surface area contributed by atoms with Crippen molar-refractivity contribution in [2.24, 2.45) is 0 Å². The van der Waals surface area contributed by atoms with E-state index in [1.165, 1.54) is 7.11 Å².